The molecule has 0 aliphatic heterocycles. The summed E-state index contributed by atoms with van der Waals surface area (Å²) in [7, 11) is 1.60. The summed E-state index contributed by atoms with van der Waals surface area (Å²) in [6, 6.07) is 15.2. The van der Waals surface area contributed by atoms with Gasteiger partial charge < -0.3 is 4.74 Å². The van der Waals surface area contributed by atoms with Crippen LogP contribution in [0.15, 0.2) is 58.1 Å². The zero-order valence-electron chi connectivity index (χ0n) is 15.4. The number of hydrogen-bond donors (Lipinski definition) is 0. The first-order valence-electron chi connectivity index (χ1n) is 8.67. The van der Waals surface area contributed by atoms with Gasteiger partial charge in [-0.15, -0.1) is 0 Å². The number of aryl methyl sites for hydroxylation is 1. The van der Waals surface area contributed by atoms with Crippen molar-refractivity contribution in [3.05, 3.63) is 96.2 Å². The Bertz CT molecular complexity index is 1310. The average molecular weight is 391 g/mol. The number of nitrogens with zero attached hydrogens (tertiary/aromatic N) is 3. The fourth-order valence-corrected chi connectivity index (χ4v) is 3.71. The van der Waals surface area contributed by atoms with Crippen LogP contribution in [0.5, 0.6) is 5.75 Å². The van der Waals surface area contributed by atoms with E-state index in [-0.39, 0.29) is 11.3 Å². The minimum absolute atomic E-state index is 0.236. The summed E-state index contributed by atoms with van der Waals surface area (Å²) in [4.78, 5) is 29.4. The van der Waals surface area contributed by atoms with E-state index in [1.54, 1.807) is 13.2 Å². The summed E-state index contributed by atoms with van der Waals surface area (Å²) >= 11 is 1.16. The molecule has 0 unspecified atom stereocenters. The molecule has 0 radical (unpaired) electrons. The second-order valence-electron chi connectivity index (χ2n) is 6.41. The van der Waals surface area contributed by atoms with Crippen LogP contribution < -0.4 is 20.4 Å². The van der Waals surface area contributed by atoms with Crippen molar-refractivity contribution in [2.24, 2.45) is 0 Å². The largest absolute Gasteiger partial charge is 0.497 e. The van der Waals surface area contributed by atoms with Gasteiger partial charge in [-0.1, -0.05) is 53.3 Å². The number of aromatic nitrogens is 3. The van der Waals surface area contributed by atoms with Crippen molar-refractivity contribution in [3.8, 4) is 5.75 Å². The van der Waals surface area contributed by atoms with Gasteiger partial charge >= 0.3 is 0 Å². The molecule has 2 aromatic carbocycles. The molecule has 6 nitrogen and oxygen atoms in total. The van der Waals surface area contributed by atoms with Crippen LogP contribution in [0.25, 0.3) is 11.0 Å². The van der Waals surface area contributed by atoms with Crippen LogP contribution in [0, 0.1) is 6.92 Å². The van der Waals surface area contributed by atoms with Crippen LogP contribution in [0.4, 0.5) is 0 Å². The lowest BCUT2D eigenvalue weighted by Gasteiger charge is -2.02. The van der Waals surface area contributed by atoms with E-state index in [2.05, 4.69) is 10.1 Å². The van der Waals surface area contributed by atoms with Crippen molar-refractivity contribution in [2.45, 2.75) is 13.3 Å². The molecule has 0 aliphatic carbocycles. The van der Waals surface area contributed by atoms with E-state index in [1.807, 2.05) is 55.5 Å². The predicted octanol–water partition coefficient (Wildman–Crippen LogP) is 1.97. The molecule has 0 amide bonds. The van der Waals surface area contributed by atoms with Crippen LogP contribution in [-0.4, -0.2) is 21.7 Å². The average Bonchev–Trinajstić information content (AvgIpc) is 2.99. The Labute approximate surface area is 164 Å². The van der Waals surface area contributed by atoms with Gasteiger partial charge in [-0.05, 0) is 36.3 Å². The third-order valence-electron chi connectivity index (χ3n) is 4.36. The fourth-order valence-electron chi connectivity index (χ4n) is 2.80. The number of thiazole rings is 1. The maximum atomic E-state index is 12.7. The molecule has 140 valence electrons. The van der Waals surface area contributed by atoms with Crippen molar-refractivity contribution >= 4 is 22.4 Å². The number of methoxy groups -OCH3 is 1. The molecule has 7 heteroatoms. The van der Waals surface area contributed by atoms with Gasteiger partial charge in [0.2, 0.25) is 4.96 Å². The summed E-state index contributed by atoms with van der Waals surface area (Å²) in [5, 5.41) is 4.28. The van der Waals surface area contributed by atoms with Gasteiger partial charge in [0.05, 0.1) is 11.6 Å². The Hall–Kier alpha value is -3.32. The van der Waals surface area contributed by atoms with E-state index < -0.39 is 5.56 Å². The van der Waals surface area contributed by atoms with Crippen molar-refractivity contribution in [3.63, 3.8) is 0 Å². The van der Waals surface area contributed by atoms with Crippen LogP contribution in [0.1, 0.15) is 22.4 Å². The minimum atomic E-state index is -0.418. The molecular weight excluding hydrogens is 374 g/mol. The smallest absolute Gasteiger partial charge is 0.296 e. The number of rotatable bonds is 4. The normalized spacial score (nSPS) is 11.9. The van der Waals surface area contributed by atoms with Crippen LogP contribution in [0.3, 0.4) is 0 Å². The zero-order valence-corrected chi connectivity index (χ0v) is 16.2. The lowest BCUT2D eigenvalue weighted by Crippen LogP contribution is -2.28. The molecule has 0 spiro atoms. The molecule has 0 fully saturated rings. The quantitative estimate of drug-likeness (QED) is 0.532. The zero-order chi connectivity index (χ0) is 19.7. The first-order chi connectivity index (χ1) is 13.5. The fraction of sp³-hybridized carbons (Fsp3) is 0.143. The molecule has 0 aliphatic rings. The second-order valence-corrected chi connectivity index (χ2v) is 7.42. The summed E-state index contributed by atoms with van der Waals surface area (Å²) in [6.07, 6.45) is 2.08. The summed E-state index contributed by atoms with van der Waals surface area (Å²) < 4.78 is 6.84. The minimum Gasteiger partial charge on any atom is -0.497 e. The Morgan fingerprint density at radius 2 is 1.79 bits per heavy atom. The highest BCUT2D eigenvalue weighted by molar-refractivity contribution is 7.15. The number of benzene rings is 2. The molecular formula is C21H17N3O3S. The van der Waals surface area contributed by atoms with Crippen LogP contribution >= 0.6 is 11.3 Å². The predicted molar refractivity (Wildman–Crippen MR) is 109 cm³/mol. The van der Waals surface area contributed by atoms with Crippen molar-refractivity contribution in [2.75, 3.05) is 7.11 Å². The Morgan fingerprint density at radius 3 is 2.46 bits per heavy atom. The van der Waals surface area contributed by atoms with Crippen LogP contribution in [0.2, 0.25) is 0 Å². The lowest BCUT2D eigenvalue weighted by atomic mass is 10.1. The maximum absolute atomic E-state index is 12.7. The first kappa shape index (κ1) is 18.1. The molecule has 0 saturated carbocycles. The Balaban J connectivity index is 1.75. The van der Waals surface area contributed by atoms with E-state index in [4.69, 9.17) is 4.74 Å². The number of fused-ring (bicyclic) bond motifs is 1. The van der Waals surface area contributed by atoms with E-state index in [0.29, 0.717) is 15.9 Å². The van der Waals surface area contributed by atoms with E-state index in [0.717, 1.165) is 33.8 Å². The van der Waals surface area contributed by atoms with Gasteiger partial charge in [0.25, 0.3) is 11.1 Å². The van der Waals surface area contributed by atoms with Crippen molar-refractivity contribution in [1.82, 2.24) is 14.6 Å². The molecule has 2 aromatic heterocycles. The molecule has 28 heavy (non-hydrogen) atoms. The molecule has 4 aromatic rings. The molecule has 0 atom stereocenters. The van der Waals surface area contributed by atoms with Gasteiger partial charge in [-0.25, -0.2) is 0 Å². The standard InChI is InChI=1S/C21H17N3O3S/c1-13-3-5-15(6-4-13)12-18-20(26)24-21(28-18)22-19(25)17(23-24)11-14-7-9-16(27-2)10-8-14/h3-10,12H,11H2,1-2H3. The number of ether oxygens (including phenoxy) is 1. The van der Waals surface area contributed by atoms with Crippen molar-refractivity contribution < 1.29 is 4.74 Å². The molecule has 0 bridgehead atoms. The SMILES string of the molecule is COc1ccc(Cc2nn3c(=O)c(=Cc4ccc(C)cc4)sc3nc2=O)cc1. The van der Waals surface area contributed by atoms with Gasteiger partial charge in [0, 0.05) is 6.42 Å². The third kappa shape index (κ3) is 3.57. The Morgan fingerprint density at radius 1 is 1.07 bits per heavy atom. The van der Waals surface area contributed by atoms with Crippen LogP contribution in [-0.2, 0) is 6.42 Å². The summed E-state index contributed by atoms with van der Waals surface area (Å²) in [5.41, 5.74) is 2.49. The number of hydrogen-bond acceptors (Lipinski definition) is 6. The van der Waals surface area contributed by atoms with E-state index >= 15 is 0 Å². The van der Waals surface area contributed by atoms with Gasteiger partial charge in [0.1, 0.15) is 11.4 Å². The monoisotopic (exact) mass is 391 g/mol. The highest BCUT2D eigenvalue weighted by Crippen LogP contribution is 2.13. The van der Waals surface area contributed by atoms with Gasteiger partial charge in [-0.3, -0.25) is 9.59 Å². The van der Waals surface area contributed by atoms with Gasteiger partial charge in [-0.2, -0.15) is 14.6 Å². The van der Waals surface area contributed by atoms with Crippen molar-refractivity contribution in [1.29, 1.82) is 0 Å². The Kier molecular flexibility index (Phi) is 4.75. The highest BCUT2D eigenvalue weighted by atomic mass is 32.1. The lowest BCUT2D eigenvalue weighted by molar-refractivity contribution is 0.414. The maximum Gasteiger partial charge on any atom is 0.296 e. The molecule has 0 saturated heterocycles. The first-order valence-corrected chi connectivity index (χ1v) is 9.49. The second kappa shape index (κ2) is 7.36. The highest BCUT2D eigenvalue weighted by Gasteiger charge is 2.11. The van der Waals surface area contributed by atoms with E-state index in [1.165, 1.54) is 4.52 Å². The molecule has 2 heterocycles. The molecule has 4 rings (SSSR count). The topological polar surface area (TPSA) is 73.6 Å². The van der Waals surface area contributed by atoms with E-state index in [9.17, 15) is 9.59 Å². The molecule has 0 N–H and O–H groups in total. The summed E-state index contributed by atoms with van der Waals surface area (Å²) in [5.74, 6) is 0.734. The van der Waals surface area contributed by atoms with Gasteiger partial charge in [0.15, 0.2) is 0 Å². The summed E-state index contributed by atoms with van der Waals surface area (Å²) in [6.45, 7) is 2.01. The third-order valence-corrected chi connectivity index (χ3v) is 5.32.